The van der Waals surface area contributed by atoms with Gasteiger partial charge in [0, 0.05) is 13.8 Å². The van der Waals surface area contributed by atoms with E-state index in [-0.39, 0.29) is 0 Å². The molecule has 1 unspecified atom stereocenters. The Bertz CT molecular complexity index is 562. The summed E-state index contributed by atoms with van der Waals surface area (Å²) in [4.78, 5) is 46.5. The number of carbonyl (C=O) groups excluding carboxylic acids is 4. The van der Waals surface area contributed by atoms with Crippen LogP contribution in [0.15, 0.2) is 0 Å². The Labute approximate surface area is 146 Å². The van der Waals surface area contributed by atoms with E-state index < -0.39 is 58.5 Å². The average Bonchev–Trinajstić information content (AvgIpc) is 2.45. The topological polar surface area (TPSA) is 136 Å². The van der Waals surface area contributed by atoms with E-state index in [1.165, 1.54) is 0 Å². The molecule has 0 amide bonds. The third kappa shape index (κ3) is 3.37. The maximum atomic E-state index is 12.1. The molecule has 0 bridgehead atoms. The van der Waals surface area contributed by atoms with Crippen molar-refractivity contribution in [2.75, 3.05) is 6.61 Å². The number of ether oxygens (including phenoxy) is 3. The van der Waals surface area contributed by atoms with E-state index in [1.54, 1.807) is 0 Å². The van der Waals surface area contributed by atoms with Crippen LogP contribution in [0, 0.1) is 0 Å². The first kappa shape index (κ1) is 20.7. The molecule has 0 radical (unpaired) electrons. The predicted octanol–water partition coefficient (Wildman–Crippen LogP) is -0.759. The molecule has 2 N–H and O–H groups in total. The van der Waals surface area contributed by atoms with E-state index in [0.717, 1.165) is 27.7 Å². The Morgan fingerprint density at radius 2 is 1.50 bits per heavy atom. The van der Waals surface area contributed by atoms with Crippen molar-refractivity contribution < 1.29 is 43.6 Å². The summed E-state index contributed by atoms with van der Waals surface area (Å²) in [5, 5.41) is 20.1. The van der Waals surface area contributed by atoms with E-state index >= 15 is 0 Å². The summed E-state index contributed by atoms with van der Waals surface area (Å²) in [5.41, 5.74) is -5.52. The van der Waals surface area contributed by atoms with Crippen LogP contribution in [0.2, 0.25) is 0 Å². The van der Waals surface area contributed by atoms with Crippen LogP contribution in [-0.4, -0.2) is 68.7 Å². The average molecular weight is 411 g/mol. The number of hydrogen-bond donors (Lipinski definition) is 2. The van der Waals surface area contributed by atoms with Gasteiger partial charge in [-0.2, -0.15) is 0 Å². The van der Waals surface area contributed by atoms with Crippen molar-refractivity contribution in [1.82, 2.24) is 0 Å². The van der Waals surface area contributed by atoms with Gasteiger partial charge >= 0.3 is 11.9 Å². The van der Waals surface area contributed by atoms with Gasteiger partial charge in [0.1, 0.15) is 12.7 Å². The van der Waals surface area contributed by atoms with Crippen molar-refractivity contribution in [3.8, 4) is 0 Å². The number of hydrogen-bond acceptors (Lipinski definition) is 9. The highest BCUT2D eigenvalue weighted by Gasteiger charge is 2.71. The number of ketones is 2. The van der Waals surface area contributed by atoms with Gasteiger partial charge in [-0.05, 0) is 13.8 Å². The number of esters is 2. The molecule has 5 atom stereocenters. The lowest BCUT2D eigenvalue weighted by atomic mass is 9.70. The summed E-state index contributed by atoms with van der Waals surface area (Å²) < 4.78 is 15.1. The van der Waals surface area contributed by atoms with Crippen molar-refractivity contribution in [1.29, 1.82) is 0 Å². The molecule has 0 saturated carbocycles. The van der Waals surface area contributed by atoms with E-state index in [2.05, 4.69) is 15.9 Å². The van der Waals surface area contributed by atoms with Gasteiger partial charge in [0.15, 0.2) is 28.3 Å². The lowest BCUT2D eigenvalue weighted by Crippen LogP contribution is -2.78. The van der Waals surface area contributed by atoms with E-state index in [9.17, 15) is 29.4 Å². The summed E-state index contributed by atoms with van der Waals surface area (Å²) in [6.07, 6.45) is -3.06. The lowest BCUT2D eigenvalue weighted by Gasteiger charge is -2.52. The molecular formula is C14H19BrO9. The maximum absolute atomic E-state index is 12.1. The Balaban J connectivity index is 3.45. The van der Waals surface area contributed by atoms with Gasteiger partial charge in [-0.1, -0.05) is 15.9 Å². The maximum Gasteiger partial charge on any atom is 0.303 e. The quantitative estimate of drug-likeness (QED) is 0.442. The first-order valence-corrected chi connectivity index (χ1v) is 7.87. The molecular weight excluding hydrogens is 392 g/mol. The molecule has 0 spiro atoms. The van der Waals surface area contributed by atoms with Crippen molar-refractivity contribution in [2.24, 2.45) is 0 Å². The molecule has 0 aromatic carbocycles. The zero-order valence-electron chi connectivity index (χ0n) is 13.6. The van der Waals surface area contributed by atoms with E-state index in [1.807, 2.05) is 0 Å². The summed E-state index contributed by atoms with van der Waals surface area (Å²) >= 11 is 2.91. The molecule has 9 nitrogen and oxygen atoms in total. The van der Waals surface area contributed by atoms with Crippen LogP contribution in [0.5, 0.6) is 0 Å². The molecule has 1 rings (SSSR count). The molecule has 1 aliphatic rings. The third-order valence-electron chi connectivity index (χ3n) is 3.77. The van der Waals surface area contributed by atoms with Crippen LogP contribution < -0.4 is 0 Å². The summed E-state index contributed by atoms with van der Waals surface area (Å²) in [6, 6.07) is 0. The van der Waals surface area contributed by atoms with Crippen molar-refractivity contribution in [3.05, 3.63) is 0 Å². The van der Waals surface area contributed by atoms with Crippen LogP contribution in [0.1, 0.15) is 27.7 Å². The molecule has 136 valence electrons. The minimum absolute atomic E-state index is 0.473. The van der Waals surface area contributed by atoms with Gasteiger partial charge in [-0.25, -0.2) is 0 Å². The number of aliphatic hydroxyl groups is 2. The van der Waals surface area contributed by atoms with E-state index in [0.29, 0.717) is 0 Å². The van der Waals surface area contributed by atoms with Gasteiger partial charge in [0.25, 0.3) is 0 Å². The highest BCUT2D eigenvalue weighted by atomic mass is 79.9. The number of halogens is 1. The van der Waals surface area contributed by atoms with Gasteiger partial charge in [-0.3, -0.25) is 19.2 Å². The first-order chi connectivity index (χ1) is 10.9. The van der Waals surface area contributed by atoms with Crippen molar-refractivity contribution >= 4 is 39.4 Å². The molecule has 10 heteroatoms. The smallest absolute Gasteiger partial charge is 0.303 e. The van der Waals surface area contributed by atoms with E-state index in [4.69, 9.17) is 14.2 Å². The summed E-state index contributed by atoms with van der Waals surface area (Å²) in [6.45, 7) is 3.54. The van der Waals surface area contributed by atoms with Crippen LogP contribution >= 0.6 is 15.9 Å². The lowest BCUT2D eigenvalue weighted by molar-refractivity contribution is -0.281. The standard InChI is InChI=1S/C14H19BrO9/c1-6(16)13(20)11(23-9(4)19)10(5-22-8(3)18)24-12(15)14(13,21)7(2)17/h10-12,20-21H,5H2,1-4H3/t10-,11-,12?,13+,14+/m1/s1. The van der Waals surface area contributed by atoms with Crippen molar-refractivity contribution in [2.45, 2.75) is 56.1 Å². The first-order valence-electron chi connectivity index (χ1n) is 6.95. The summed E-state index contributed by atoms with van der Waals surface area (Å²) in [7, 11) is 0. The molecule has 0 aromatic rings. The van der Waals surface area contributed by atoms with Crippen LogP contribution in [-0.2, 0) is 33.4 Å². The van der Waals surface area contributed by atoms with Crippen LogP contribution in [0.25, 0.3) is 0 Å². The molecule has 1 aliphatic heterocycles. The fourth-order valence-corrected chi connectivity index (χ4v) is 3.49. The summed E-state index contributed by atoms with van der Waals surface area (Å²) in [5.74, 6) is -3.57. The highest BCUT2D eigenvalue weighted by Crippen LogP contribution is 2.43. The Kier molecular flexibility index (Phi) is 6.26. The van der Waals surface area contributed by atoms with Gasteiger partial charge in [0.05, 0.1) is 0 Å². The predicted molar refractivity (Wildman–Crippen MR) is 81.0 cm³/mol. The van der Waals surface area contributed by atoms with Crippen LogP contribution in [0.3, 0.4) is 0 Å². The van der Waals surface area contributed by atoms with Crippen LogP contribution in [0.4, 0.5) is 0 Å². The second-order valence-corrected chi connectivity index (χ2v) is 6.30. The number of Topliss-reactive ketones (excluding diaryl/α,β-unsaturated/α-hetero) is 2. The molecule has 1 heterocycles. The number of carbonyl (C=O) groups is 4. The second kappa shape index (κ2) is 7.26. The largest absolute Gasteiger partial charge is 0.463 e. The SMILES string of the molecule is CC(=O)OC[C@H]1OC(Br)[C@@](O)(C(C)=O)[C@](O)(C(C)=O)[C@@H]1OC(C)=O. The molecule has 24 heavy (non-hydrogen) atoms. The zero-order chi connectivity index (χ0) is 18.9. The van der Waals surface area contributed by atoms with Gasteiger partial charge in [0.2, 0.25) is 5.60 Å². The fourth-order valence-electron chi connectivity index (χ4n) is 2.55. The monoisotopic (exact) mass is 410 g/mol. The number of alkyl halides is 1. The fraction of sp³-hybridized carbons (Fsp3) is 0.714. The molecule has 0 aliphatic carbocycles. The zero-order valence-corrected chi connectivity index (χ0v) is 15.2. The minimum atomic E-state index is -2.80. The van der Waals surface area contributed by atoms with Gasteiger partial charge in [-0.15, -0.1) is 0 Å². The van der Waals surface area contributed by atoms with Crippen molar-refractivity contribution in [3.63, 3.8) is 0 Å². The molecule has 1 saturated heterocycles. The normalized spacial score (nSPS) is 35.9. The second-order valence-electron chi connectivity index (χ2n) is 5.47. The van der Waals surface area contributed by atoms with Gasteiger partial charge < -0.3 is 24.4 Å². The molecule has 1 fully saturated rings. The molecule has 0 aromatic heterocycles. The Morgan fingerprint density at radius 3 is 1.88 bits per heavy atom. The Hall–Kier alpha value is -1.36. The Morgan fingerprint density at radius 1 is 1.00 bits per heavy atom. The highest BCUT2D eigenvalue weighted by molar-refractivity contribution is 9.09. The minimum Gasteiger partial charge on any atom is -0.463 e. The third-order valence-corrected chi connectivity index (χ3v) is 4.65. The number of rotatable bonds is 5.